The molecule has 0 atom stereocenters. The number of anilines is 2. The van der Waals surface area contributed by atoms with E-state index in [9.17, 15) is 9.59 Å². The van der Waals surface area contributed by atoms with Crippen LogP contribution in [0.1, 0.15) is 8.22 Å². The molecule has 0 heterocycles. The predicted octanol–water partition coefficient (Wildman–Crippen LogP) is -0.656. The Hall–Kier alpha value is -2.37. The molecule has 0 fully saturated rings. The third kappa shape index (κ3) is 6.81. The number of nitrogens with zero attached hydrogens (tertiary/aromatic N) is 1. The van der Waals surface area contributed by atoms with Crippen LogP contribution in [0.5, 0.6) is 0 Å². The minimum absolute atomic E-state index is 0. The maximum atomic E-state index is 12.5. The van der Waals surface area contributed by atoms with Crippen LogP contribution in [0.3, 0.4) is 0 Å². The molecular weight excluding hydrogens is 326 g/mol. The van der Waals surface area contributed by atoms with Gasteiger partial charge in [0.05, 0.1) is 22.2 Å². The van der Waals surface area contributed by atoms with E-state index in [2.05, 4.69) is 10.6 Å². The number of halogens is 1. The third-order valence-corrected chi connectivity index (χ3v) is 2.94. The predicted molar refractivity (Wildman–Crippen MR) is 92.0 cm³/mol. The summed E-state index contributed by atoms with van der Waals surface area (Å²) >= 11 is 0. The summed E-state index contributed by atoms with van der Waals surface area (Å²) < 4.78 is 45.3. The number of benzene rings is 2. The number of hydrogen-bond acceptors (Lipinski definition) is 2. The SMILES string of the molecule is [2H]C([2H])([2H])[N+](CC(=O)Nc1ccccc1)(CC(=O)Nc1ccccc1)C([2H])([2H])[2H].[Cl-]. The quantitative estimate of drug-likeness (QED) is 0.678. The van der Waals surface area contributed by atoms with Crippen LogP contribution in [-0.2, 0) is 9.59 Å². The maximum Gasteiger partial charge on any atom is 0.279 e. The van der Waals surface area contributed by atoms with E-state index >= 15 is 0 Å². The van der Waals surface area contributed by atoms with Gasteiger partial charge >= 0.3 is 0 Å². The van der Waals surface area contributed by atoms with E-state index in [0.29, 0.717) is 11.4 Å². The van der Waals surface area contributed by atoms with Crippen molar-refractivity contribution in [2.75, 3.05) is 37.7 Å². The zero-order chi connectivity index (χ0) is 21.7. The molecule has 2 rings (SSSR count). The van der Waals surface area contributed by atoms with Gasteiger partial charge in [-0.15, -0.1) is 0 Å². The minimum atomic E-state index is -3.15. The van der Waals surface area contributed by atoms with E-state index in [1.54, 1.807) is 60.7 Å². The molecule has 6 heteroatoms. The molecule has 0 aliphatic heterocycles. The molecule has 0 bridgehead atoms. The lowest BCUT2D eigenvalue weighted by molar-refractivity contribution is -0.874. The fraction of sp³-hybridized carbons (Fsp3) is 0.222. The fourth-order valence-corrected chi connectivity index (χ4v) is 1.99. The first kappa shape index (κ1) is 12.1. The Balaban J connectivity index is 0.00000450. The summed E-state index contributed by atoms with van der Waals surface area (Å²) in [6, 6.07) is 16.5. The highest BCUT2D eigenvalue weighted by molar-refractivity contribution is 5.93. The molecule has 0 spiro atoms. The lowest BCUT2D eigenvalue weighted by atomic mass is 10.3. The Morgan fingerprint density at radius 2 is 1.21 bits per heavy atom. The first-order chi connectivity index (χ1) is 13.4. The van der Waals surface area contributed by atoms with Crippen molar-refractivity contribution in [1.82, 2.24) is 0 Å². The van der Waals surface area contributed by atoms with Gasteiger partial charge in [0.25, 0.3) is 11.8 Å². The zero-order valence-corrected chi connectivity index (χ0v) is 13.6. The number of quaternary nitrogens is 1. The normalized spacial score (nSPS) is 15.2. The Bertz CT molecular complexity index is 773. The number of carbonyl (C=O) groups is 2. The van der Waals surface area contributed by atoms with Crippen molar-refractivity contribution in [3.05, 3.63) is 60.7 Å². The Kier molecular flexibility index (Phi) is 4.55. The van der Waals surface area contributed by atoms with Crippen LogP contribution in [-0.4, -0.2) is 43.3 Å². The van der Waals surface area contributed by atoms with E-state index in [4.69, 9.17) is 8.22 Å². The van der Waals surface area contributed by atoms with Crippen LogP contribution in [0, 0.1) is 0 Å². The van der Waals surface area contributed by atoms with Gasteiger partial charge in [-0.3, -0.25) is 9.59 Å². The number of likely N-dealkylation sites (N-methyl/N-ethyl adjacent to an activating group) is 1. The van der Waals surface area contributed by atoms with Gasteiger partial charge in [-0.1, -0.05) is 36.4 Å². The van der Waals surface area contributed by atoms with Gasteiger partial charge in [0.2, 0.25) is 0 Å². The molecule has 0 radical (unpaired) electrons. The lowest BCUT2D eigenvalue weighted by Gasteiger charge is -2.28. The summed E-state index contributed by atoms with van der Waals surface area (Å²) in [5.74, 6) is -1.65. The Morgan fingerprint density at radius 3 is 1.54 bits per heavy atom. The van der Waals surface area contributed by atoms with E-state index in [1.807, 2.05) is 0 Å². The highest BCUT2D eigenvalue weighted by Gasteiger charge is 2.24. The van der Waals surface area contributed by atoms with Crippen molar-refractivity contribution in [2.24, 2.45) is 0 Å². The van der Waals surface area contributed by atoms with Gasteiger partial charge in [-0.05, 0) is 24.3 Å². The van der Waals surface area contributed by atoms with Gasteiger partial charge in [0, 0.05) is 11.4 Å². The molecule has 0 saturated carbocycles. The van der Waals surface area contributed by atoms with E-state index < -0.39 is 43.3 Å². The first-order valence-electron chi connectivity index (χ1n) is 10.0. The molecule has 2 aromatic rings. The smallest absolute Gasteiger partial charge is 0.279 e. The van der Waals surface area contributed by atoms with Crippen LogP contribution < -0.4 is 23.0 Å². The highest BCUT2D eigenvalue weighted by Crippen LogP contribution is 2.08. The lowest BCUT2D eigenvalue weighted by Crippen LogP contribution is -3.00. The monoisotopic (exact) mass is 353 g/mol. The summed E-state index contributed by atoms with van der Waals surface area (Å²) in [7, 11) is 0. The minimum Gasteiger partial charge on any atom is -1.00 e. The molecule has 128 valence electrons. The van der Waals surface area contributed by atoms with Gasteiger partial charge in [-0.25, -0.2) is 0 Å². The summed E-state index contributed by atoms with van der Waals surface area (Å²) in [4.78, 5) is 25.0. The zero-order valence-electron chi connectivity index (χ0n) is 18.8. The first-order valence-corrected chi connectivity index (χ1v) is 7.02. The number of nitrogens with one attached hydrogen (secondary N) is 2. The van der Waals surface area contributed by atoms with Gasteiger partial charge in [0.1, 0.15) is 0 Å². The average Bonchev–Trinajstić information content (AvgIpc) is 2.60. The van der Waals surface area contributed by atoms with Crippen LogP contribution in [0.25, 0.3) is 0 Å². The second-order valence-corrected chi connectivity index (χ2v) is 5.11. The van der Waals surface area contributed by atoms with Gasteiger partial charge in [0.15, 0.2) is 13.1 Å². The van der Waals surface area contributed by atoms with Crippen LogP contribution in [0.2, 0.25) is 0 Å². The van der Waals surface area contributed by atoms with Crippen LogP contribution in [0.15, 0.2) is 60.7 Å². The second-order valence-electron chi connectivity index (χ2n) is 5.11. The molecule has 2 amide bonds. The molecule has 0 aromatic heterocycles. The standard InChI is InChI=1S/C18H21N3O2.ClH/c1-21(2,13-17(22)19-15-9-5-3-6-10-15)14-18(23)20-16-11-7-4-8-12-16;/h3-12H,13-14H2,1-2H3,(H-,19,20,22,23);1H/i1D3,2D3;. The molecule has 0 aliphatic rings. The van der Waals surface area contributed by atoms with E-state index in [-0.39, 0.29) is 12.4 Å². The van der Waals surface area contributed by atoms with E-state index in [0.717, 1.165) is 0 Å². The van der Waals surface area contributed by atoms with Crippen molar-refractivity contribution in [3.8, 4) is 0 Å². The maximum absolute atomic E-state index is 12.5. The number of para-hydroxylation sites is 2. The molecule has 0 unspecified atom stereocenters. The number of amides is 2. The van der Waals surface area contributed by atoms with Crippen molar-refractivity contribution in [2.45, 2.75) is 0 Å². The topological polar surface area (TPSA) is 58.2 Å². The largest absolute Gasteiger partial charge is 1.00 e. The highest BCUT2D eigenvalue weighted by atomic mass is 35.5. The third-order valence-electron chi connectivity index (χ3n) is 2.94. The summed E-state index contributed by atoms with van der Waals surface area (Å²) in [5.41, 5.74) is 0.779. The number of rotatable bonds is 6. The molecule has 24 heavy (non-hydrogen) atoms. The van der Waals surface area contributed by atoms with Crippen molar-refractivity contribution >= 4 is 23.2 Å². The average molecular weight is 354 g/mol. The fourth-order valence-electron chi connectivity index (χ4n) is 1.99. The van der Waals surface area contributed by atoms with Gasteiger partial charge in [-0.2, -0.15) is 0 Å². The summed E-state index contributed by atoms with van der Waals surface area (Å²) in [6.45, 7) is -8.14. The molecule has 0 aliphatic carbocycles. The summed E-state index contributed by atoms with van der Waals surface area (Å²) in [5, 5.41) is 4.96. The van der Waals surface area contributed by atoms with Crippen molar-refractivity contribution < 1.29 is 34.7 Å². The van der Waals surface area contributed by atoms with Crippen molar-refractivity contribution in [3.63, 3.8) is 0 Å². The second kappa shape index (κ2) is 9.05. The molecule has 2 N–H and O–H groups in total. The van der Waals surface area contributed by atoms with E-state index in [1.165, 1.54) is 0 Å². The van der Waals surface area contributed by atoms with Crippen molar-refractivity contribution in [1.29, 1.82) is 0 Å². The Labute approximate surface area is 157 Å². The molecule has 2 aromatic carbocycles. The Morgan fingerprint density at radius 1 is 0.833 bits per heavy atom. The molecular formula is C18H22ClN3O2. The number of hydrogen-bond donors (Lipinski definition) is 2. The summed E-state index contributed by atoms with van der Waals surface area (Å²) in [6.07, 6.45) is 0. The van der Waals surface area contributed by atoms with Crippen LogP contribution >= 0.6 is 0 Å². The van der Waals surface area contributed by atoms with Gasteiger partial charge < -0.3 is 27.5 Å². The number of carbonyl (C=O) groups excluding carboxylic acids is 2. The molecule has 0 saturated heterocycles. The van der Waals surface area contributed by atoms with Crippen LogP contribution in [0.4, 0.5) is 11.4 Å². The molecule has 5 nitrogen and oxygen atoms in total.